The maximum Gasteiger partial charge on any atom is 0.317 e. The molecule has 2 aromatic rings. The topological polar surface area (TPSA) is 200 Å². The molecule has 0 spiro atoms. The van der Waals surface area contributed by atoms with E-state index in [-0.39, 0.29) is 31.0 Å². The Bertz CT molecular complexity index is 1470. The van der Waals surface area contributed by atoms with Gasteiger partial charge in [0.15, 0.2) is 0 Å². The van der Waals surface area contributed by atoms with Gasteiger partial charge >= 0.3 is 5.97 Å². The first kappa shape index (κ1) is 36.9. The molecular formula is C37H51N7O6. The van der Waals surface area contributed by atoms with Crippen LogP contribution in [0.3, 0.4) is 0 Å². The van der Waals surface area contributed by atoms with Crippen LogP contribution in [0.4, 0.5) is 0 Å². The minimum Gasteiger partial charge on any atom is -0.480 e. The molecule has 2 aliphatic heterocycles. The number of hydrogen-bond donors (Lipinski definition) is 6. The second-order valence-corrected chi connectivity index (χ2v) is 14.0. The Labute approximate surface area is 293 Å². The lowest BCUT2D eigenvalue weighted by Crippen LogP contribution is -2.73. The van der Waals surface area contributed by atoms with E-state index in [1.165, 1.54) is 0 Å². The van der Waals surface area contributed by atoms with Crippen LogP contribution in [0.2, 0.25) is 0 Å². The Morgan fingerprint density at radius 2 is 1.42 bits per heavy atom. The van der Waals surface area contributed by atoms with E-state index in [0.717, 1.165) is 17.5 Å². The zero-order valence-corrected chi connectivity index (χ0v) is 28.6. The second kappa shape index (κ2) is 17.1. The van der Waals surface area contributed by atoms with Crippen molar-refractivity contribution in [3.05, 3.63) is 71.8 Å². The van der Waals surface area contributed by atoms with E-state index in [4.69, 9.17) is 11.5 Å². The maximum atomic E-state index is 14.2. The van der Waals surface area contributed by atoms with Crippen LogP contribution in [0, 0.1) is 0 Å². The van der Waals surface area contributed by atoms with Gasteiger partial charge in [0.05, 0.1) is 12.6 Å². The normalized spacial score (nSPS) is 21.3. The molecule has 50 heavy (non-hydrogen) atoms. The van der Waals surface area contributed by atoms with E-state index in [2.05, 4.69) is 16.0 Å². The van der Waals surface area contributed by atoms with Crippen molar-refractivity contribution >= 4 is 29.6 Å². The number of likely N-dealkylation sites (tertiary alicyclic amines) is 2. The molecule has 4 amide bonds. The van der Waals surface area contributed by atoms with E-state index in [1.54, 1.807) is 4.90 Å². The number of aliphatic carboxylic acids is 1. The summed E-state index contributed by atoms with van der Waals surface area (Å²) in [5.41, 5.74) is 12.5. The number of carboxylic acids is 1. The van der Waals surface area contributed by atoms with Crippen LogP contribution in [0.5, 0.6) is 0 Å². The summed E-state index contributed by atoms with van der Waals surface area (Å²) < 4.78 is 0. The molecule has 8 N–H and O–H groups in total. The zero-order valence-electron chi connectivity index (χ0n) is 28.6. The number of fused-ring (bicyclic) bond motifs is 2. The standard InChI is InChI=1S/C37H51N7O6/c38-18-10-7-15-30(35(49)44-27-21-28(44)23-43(22-27)24-32(45)46)41-36(50)37(16-8-9-17-37)42-34(48)31(20-26-13-5-2-6-14-26)40-33(47)29(39)19-25-11-3-1-4-12-25/h1-6,11-14,27-31H,7-10,15-24,38-39H2,(H,40,47)(H,41,50)(H,42,48)(H,45,46). The third-order valence-electron chi connectivity index (χ3n) is 10.2. The third kappa shape index (κ3) is 9.26. The van der Waals surface area contributed by atoms with E-state index in [0.29, 0.717) is 71.0 Å². The summed E-state index contributed by atoms with van der Waals surface area (Å²) >= 11 is 0. The molecule has 1 aliphatic carbocycles. The van der Waals surface area contributed by atoms with E-state index in [9.17, 15) is 29.1 Å². The summed E-state index contributed by atoms with van der Waals surface area (Å²) in [6, 6.07) is 15.8. The number of carbonyl (C=O) groups excluding carboxylic acids is 4. The minimum absolute atomic E-state index is 0.0708. The van der Waals surface area contributed by atoms with Gasteiger partial charge in [0, 0.05) is 31.6 Å². The number of amides is 4. The number of nitrogens with zero attached hydrogens (tertiary/aromatic N) is 2. The number of benzene rings is 2. The van der Waals surface area contributed by atoms with Gasteiger partial charge in [-0.1, -0.05) is 73.5 Å². The molecule has 13 heteroatoms. The number of nitrogens with two attached hydrogens (primary N) is 2. The minimum atomic E-state index is -1.25. The number of carbonyl (C=O) groups is 5. The smallest absolute Gasteiger partial charge is 0.317 e. The van der Waals surface area contributed by atoms with Gasteiger partial charge in [-0.3, -0.25) is 28.9 Å². The molecule has 3 aliphatic rings. The first-order chi connectivity index (χ1) is 24.1. The van der Waals surface area contributed by atoms with Crippen LogP contribution >= 0.6 is 0 Å². The molecule has 2 bridgehead atoms. The van der Waals surface area contributed by atoms with Crippen molar-refractivity contribution in [2.24, 2.45) is 11.5 Å². The molecule has 5 unspecified atom stereocenters. The maximum absolute atomic E-state index is 14.2. The van der Waals surface area contributed by atoms with Crippen LogP contribution in [-0.4, -0.2) is 106 Å². The van der Waals surface area contributed by atoms with Gasteiger partial charge in [0.2, 0.25) is 23.6 Å². The fourth-order valence-corrected chi connectivity index (χ4v) is 7.61. The highest BCUT2D eigenvalue weighted by Crippen LogP contribution is 2.34. The largest absolute Gasteiger partial charge is 0.480 e. The van der Waals surface area contributed by atoms with Gasteiger partial charge in [0.25, 0.3) is 0 Å². The Balaban J connectivity index is 1.29. The number of nitrogens with one attached hydrogen (secondary N) is 3. The fraction of sp³-hybridized carbons (Fsp3) is 0.541. The lowest BCUT2D eigenvalue weighted by Gasteiger charge is -2.56. The number of carboxylic acid groups (broad SMARTS) is 1. The second-order valence-electron chi connectivity index (χ2n) is 14.0. The lowest BCUT2D eigenvalue weighted by atomic mass is 9.86. The van der Waals surface area contributed by atoms with Crippen LogP contribution in [0.15, 0.2) is 60.7 Å². The molecule has 2 aromatic carbocycles. The predicted molar refractivity (Wildman–Crippen MR) is 187 cm³/mol. The Hall–Kier alpha value is -4.33. The molecule has 2 saturated heterocycles. The summed E-state index contributed by atoms with van der Waals surface area (Å²) in [7, 11) is 0. The van der Waals surface area contributed by atoms with Crippen LogP contribution in [0.25, 0.3) is 0 Å². The SMILES string of the molecule is NCCCCC(NC(=O)C1(NC(=O)C(Cc2ccccc2)NC(=O)C(N)Cc2ccccc2)CCCC1)C(=O)N1C2CC1CN(CC(=O)O)C2. The fourth-order valence-electron chi connectivity index (χ4n) is 7.61. The van der Waals surface area contributed by atoms with Gasteiger partial charge in [-0.2, -0.15) is 0 Å². The first-order valence-corrected chi connectivity index (χ1v) is 17.8. The Morgan fingerprint density at radius 3 is 2.00 bits per heavy atom. The quantitative estimate of drug-likeness (QED) is 0.129. The molecule has 0 radical (unpaired) electrons. The highest BCUT2D eigenvalue weighted by Gasteiger charge is 2.50. The van der Waals surface area contributed by atoms with E-state index in [1.807, 2.05) is 65.6 Å². The zero-order chi connectivity index (χ0) is 35.7. The first-order valence-electron chi connectivity index (χ1n) is 17.8. The summed E-state index contributed by atoms with van der Waals surface area (Å²) in [6.45, 7) is 1.33. The van der Waals surface area contributed by atoms with Gasteiger partial charge in [-0.25, -0.2) is 0 Å². The average Bonchev–Trinajstić information content (AvgIpc) is 3.57. The molecule has 5 rings (SSSR count). The number of hydrogen-bond acceptors (Lipinski definition) is 8. The number of unbranched alkanes of at least 4 members (excludes halogenated alkanes) is 1. The highest BCUT2D eigenvalue weighted by molar-refractivity contribution is 5.97. The summed E-state index contributed by atoms with van der Waals surface area (Å²) in [6.07, 6.45) is 5.24. The molecule has 3 fully saturated rings. The van der Waals surface area contributed by atoms with Gasteiger partial charge in [-0.05, 0) is 62.6 Å². The van der Waals surface area contributed by atoms with Crippen molar-refractivity contribution < 1.29 is 29.1 Å². The van der Waals surface area contributed by atoms with Crippen molar-refractivity contribution in [2.75, 3.05) is 26.2 Å². The molecule has 1 saturated carbocycles. The van der Waals surface area contributed by atoms with E-state index < -0.39 is 47.4 Å². The molecular weight excluding hydrogens is 638 g/mol. The summed E-state index contributed by atoms with van der Waals surface area (Å²) in [5, 5.41) is 18.1. The Kier molecular flexibility index (Phi) is 12.6. The number of piperazine rings is 1. The Morgan fingerprint density at radius 1 is 0.820 bits per heavy atom. The van der Waals surface area contributed by atoms with Crippen LogP contribution < -0.4 is 27.4 Å². The summed E-state index contributed by atoms with van der Waals surface area (Å²) in [4.78, 5) is 70.5. The molecule has 5 atom stereocenters. The van der Waals surface area contributed by atoms with Crippen molar-refractivity contribution in [2.45, 2.75) is 100.0 Å². The third-order valence-corrected chi connectivity index (χ3v) is 10.2. The summed E-state index contributed by atoms with van der Waals surface area (Å²) in [5.74, 6) is -2.47. The molecule has 0 aromatic heterocycles. The van der Waals surface area contributed by atoms with Gasteiger partial charge in [0.1, 0.15) is 17.6 Å². The number of piperidine rings is 1. The average molecular weight is 690 g/mol. The van der Waals surface area contributed by atoms with Crippen LogP contribution in [0.1, 0.15) is 62.5 Å². The van der Waals surface area contributed by atoms with Crippen molar-refractivity contribution in [3.63, 3.8) is 0 Å². The van der Waals surface area contributed by atoms with Gasteiger partial charge < -0.3 is 37.4 Å². The van der Waals surface area contributed by atoms with Crippen LogP contribution in [-0.2, 0) is 36.8 Å². The van der Waals surface area contributed by atoms with Gasteiger partial charge in [-0.15, -0.1) is 0 Å². The van der Waals surface area contributed by atoms with Crippen molar-refractivity contribution in [1.29, 1.82) is 0 Å². The van der Waals surface area contributed by atoms with Crippen molar-refractivity contribution in [1.82, 2.24) is 25.8 Å². The monoisotopic (exact) mass is 689 g/mol. The highest BCUT2D eigenvalue weighted by atomic mass is 16.4. The predicted octanol–water partition coefficient (Wildman–Crippen LogP) is 0.696. The molecule has 270 valence electrons. The molecule has 2 heterocycles. The van der Waals surface area contributed by atoms with E-state index >= 15 is 0 Å². The molecule has 13 nitrogen and oxygen atoms in total. The van der Waals surface area contributed by atoms with Crippen molar-refractivity contribution in [3.8, 4) is 0 Å². The number of rotatable bonds is 17. The lowest BCUT2D eigenvalue weighted by molar-refractivity contribution is -0.159.